The van der Waals surface area contributed by atoms with E-state index in [1.54, 1.807) is 0 Å². The molecule has 20 heavy (non-hydrogen) atoms. The van der Waals surface area contributed by atoms with Crippen molar-refractivity contribution in [2.24, 2.45) is 5.41 Å². The third kappa shape index (κ3) is 3.44. The van der Waals surface area contributed by atoms with Gasteiger partial charge in [0.05, 0.1) is 0 Å². The van der Waals surface area contributed by atoms with Crippen molar-refractivity contribution >= 4 is 12.0 Å². The molecule has 0 aliphatic heterocycles. The van der Waals surface area contributed by atoms with E-state index in [9.17, 15) is 14.7 Å². The van der Waals surface area contributed by atoms with Crippen LogP contribution in [0.5, 0.6) is 0 Å². The minimum atomic E-state index is -1.04. The van der Waals surface area contributed by atoms with Crippen LogP contribution in [-0.4, -0.2) is 28.7 Å². The molecule has 0 spiro atoms. The van der Waals surface area contributed by atoms with Gasteiger partial charge in [-0.3, -0.25) is 0 Å². The van der Waals surface area contributed by atoms with E-state index in [4.69, 9.17) is 0 Å². The standard InChI is InChI=1S/C15H26N2O3/c1-14(2)9-5-11(6-10-14)16-13(20)17-15(12(18)19)7-3-4-8-15/h11H,3-10H2,1-2H3,(H,18,19)(H2,16,17,20). The minimum Gasteiger partial charge on any atom is -0.480 e. The van der Waals surface area contributed by atoms with Crippen molar-refractivity contribution < 1.29 is 14.7 Å². The lowest BCUT2D eigenvalue weighted by Crippen LogP contribution is -2.57. The number of hydrogen-bond acceptors (Lipinski definition) is 2. The van der Waals surface area contributed by atoms with Gasteiger partial charge >= 0.3 is 12.0 Å². The van der Waals surface area contributed by atoms with Gasteiger partial charge < -0.3 is 15.7 Å². The van der Waals surface area contributed by atoms with Gasteiger partial charge in [-0.2, -0.15) is 0 Å². The Labute approximate surface area is 120 Å². The molecule has 2 amide bonds. The fraction of sp³-hybridized carbons (Fsp3) is 0.867. The maximum absolute atomic E-state index is 12.1. The van der Waals surface area contributed by atoms with E-state index in [2.05, 4.69) is 24.5 Å². The van der Waals surface area contributed by atoms with Crippen LogP contribution < -0.4 is 10.6 Å². The van der Waals surface area contributed by atoms with Crippen LogP contribution in [0.15, 0.2) is 0 Å². The SMILES string of the molecule is CC1(C)CCC(NC(=O)NC2(C(=O)O)CCCC2)CC1. The molecule has 3 N–H and O–H groups in total. The van der Waals surface area contributed by atoms with Crippen LogP contribution >= 0.6 is 0 Å². The van der Waals surface area contributed by atoms with Crippen LogP contribution in [0.4, 0.5) is 4.79 Å². The third-order valence-corrected chi connectivity index (χ3v) is 4.89. The zero-order valence-electron chi connectivity index (χ0n) is 12.5. The van der Waals surface area contributed by atoms with Crippen molar-refractivity contribution in [1.29, 1.82) is 0 Å². The minimum absolute atomic E-state index is 0.176. The monoisotopic (exact) mass is 282 g/mol. The van der Waals surface area contributed by atoms with E-state index >= 15 is 0 Å². The molecule has 0 aromatic rings. The first-order valence-electron chi connectivity index (χ1n) is 7.65. The highest BCUT2D eigenvalue weighted by atomic mass is 16.4. The summed E-state index contributed by atoms with van der Waals surface area (Å²) in [6.07, 6.45) is 6.94. The topological polar surface area (TPSA) is 78.4 Å². The first kappa shape index (κ1) is 15.1. The number of carboxylic acid groups (broad SMARTS) is 1. The molecular formula is C15H26N2O3. The van der Waals surface area contributed by atoms with Gasteiger partial charge in [-0.05, 0) is 43.9 Å². The molecule has 5 heteroatoms. The number of nitrogens with one attached hydrogen (secondary N) is 2. The molecule has 2 aliphatic carbocycles. The predicted molar refractivity (Wildman–Crippen MR) is 76.5 cm³/mol. The summed E-state index contributed by atoms with van der Waals surface area (Å²) in [5.41, 5.74) is -0.680. The second kappa shape index (κ2) is 5.62. The van der Waals surface area contributed by atoms with Crippen molar-refractivity contribution in [3.05, 3.63) is 0 Å². The van der Waals surface area contributed by atoms with Gasteiger partial charge in [-0.15, -0.1) is 0 Å². The van der Waals surface area contributed by atoms with Crippen molar-refractivity contribution in [3.8, 4) is 0 Å². The molecule has 2 aliphatic rings. The Bertz CT molecular complexity index is 377. The van der Waals surface area contributed by atoms with Crippen LogP contribution in [-0.2, 0) is 4.79 Å². The van der Waals surface area contributed by atoms with Gasteiger partial charge in [0.1, 0.15) is 5.54 Å². The highest BCUT2D eigenvalue weighted by Gasteiger charge is 2.43. The number of carbonyl (C=O) groups excluding carboxylic acids is 1. The summed E-state index contributed by atoms with van der Waals surface area (Å²) in [4.78, 5) is 23.4. The Morgan fingerprint density at radius 1 is 1.05 bits per heavy atom. The van der Waals surface area contributed by atoms with Gasteiger partial charge in [0.15, 0.2) is 0 Å². The van der Waals surface area contributed by atoms with E-state index in [-0.39, 0.29) is 12.1 Å². The number of rotatable bonds is 3. The molecule has 0 unspecified atom stereocenters. The lowest BCUT2D eigenvalue weighted by Gasteiger charge is -2.35. The molecule has 2 fully saturated rings. The molecule has 0 heterocycles. The van der Waals surface area contributed by atoms with Gasteiger partial charge in [0, 0.05) is 6.04 Å². The lowest BCUT2D eigenvalue weighted by molar-refractivity contribution is -0.144. The number of urea groups is 1. The lowest BCUT2D eigenvalue weighted by atomic mass is 9.75. The average molecular weight is 282 g/mol. The first-order chi connectivity index (χ1) is 9.33. The number of carboxylic acids is 1. The van der Waals surface area contributed by atoms with Gasteiger partial charge in [-0.25, -0.2) is 9.59 Å². The van der Waals surface area contributed by atoms with E-state index in [1.165, 1.54) is 0 Å². The second-order valence-electron chi connectivity index (χ2n) is 7.13. The molecule has 0 aromatic heterocycles. The molecule has 0 atom stereocenters. The van der Waals surface area contributed by atoms with Crippen molar-refractivity contribution in [1.82, 2.24) is 10.6 Å². The zero-order valence-corrected chi connectivity index (χ0v) is 12.5. The highest BCUT2D eigenvalue weighted by molar-refractivity contribution is 5.86. The molecular weight excluding hydrogens is 256 g/mol. The van der Waals surface area contributed by atoms with E-state index in [1.807, 2.05) is 0 Å². The average Bonchev–Trinajstić information content (AvgIpc) is 2.82. The Morgan fingerprint density at radius 3 is 2.10 bits per heavy atom. The summed E-state index contributed by atoms with van der Waals surface area (Å²) < 4.78 is 0. The first-order valence-corrected chi connectivity index (χ1v) is 7.65. The quantitative estimate of drug-likeness (QED) is 0.744. The van der Waals surface area contributed by atoms with Crippen molar-refractivity contribution in [2.75, 3.05) is 0 Å². The fourth-order valence-corrected chi connectivity index (χ4v) is 3.35. The van der Waals surface area contributed by atoms with Crippen LogP contribution in [0.3, 0.4) is 0 Å². The Morgan fingerprint density at radius 2 is 1.60 bits per heavy atom. The molecule has 0 bridgehead atoms. The summed E-state index contributed by atoms with van der Waals surface area (Å²) in [5, 5.41) is 15.0. The molecule has 0 saturated heterocycles. The summed E-state index contributed by atoms with van der Waals surface area (Å²) in [6.45, 7) is 4.50. The van der Waals surface area contributed by atoms with E-state index in [0.29, 0.717) is 18.3 Å². The smallest absolute Gasteiger partial charge is 0.329 e. The van der Waals surface area contributed by atoms with Crippen LogP contribution in [0, 0.1) is 5.41 Å². The molecule has 0 aromatic carbocycles. The predicted octanol–water partition coefficient (Wildman–Crippen LogP) is 2.65. The number of hydrogen-bond donors (Lipinski definition) is 3. The molecule has 5 nitrogen and oxygen atoms in total. The molecule has 2 saturated carbocycles. The van der Waals surface area contributed by atoms with E-state index < -0.39 is 11.5 Å². The number of amides is 2. The summed E-state index contributed by atoms with van der Waals surface area (Å²) >= 11 is 0. The van der Waals surface area contributed by atoms with Gasteiger partial charge in [0.2, 0.25) is 0 Å². The number of carbonyl (C=O) groups is 2. The molecule has 0 radical (unpaired) electrons. The van der Waals surface area contributed by atoms with E-state index in [0.717, 1.165) is 38.5 Å². The second-order valence-corrected chi connectivity index (χ2v) is 7.13. The maximum Gasteiger partial charge on any atom is 0.329 e. The largest absolute Gasteiger partial charge is 0.480 e. The third-order valence-electron chi connectivity index (χ3n) is 4.89. The Kier molecular flexibility index (Phi) is 4.25. The Balaban J connectivity index is 1.85. The summed E-state index contributed by atoms with van der Waals surface area (Å²) in [5.74, 6) is -0.907. The summed E-state index contributed by atoms with van der Waals surface area (Å²) in [7, 11) is 0. The zero-order chi connectivity index (χ0) is 14.8. The van der Waals surface area contributed by atoms with Gasteiger partial charge in [-0.1, -0.05) is 26.7 Å². The van der Waals surface area contributed by atoms with Crippen LogP contribution in [0.25, 0.3) is 0 Å². The molecule has 2 rings (SSSR count). The van der Waals surface area contributed by atoms with Crippen LogP contribution in [0.2, 0.25) is 0 Å². The van der Waals surface area contributed by atoms with Crippen molar-refractivity contribution in [3.63, 3.8) is 0 Å². The Hall–Kier alpha value is -1.26. The maximum atomic E-state index is 12.1. The molecule has 114 valence electrons. The summed E-state index contributed by atoms with van der Waals surface area (Å²) in [6, 6.07) is -0.144. The normalized spacial score (nSPS) is 25.1. The number of aliphatic carboxylic acids is 1. The van der Waals surface area contributed by atoms with Gasteiger partial charge in [0.25, 0.3) is 0 Å². The fourth-order valence-electron chi connectivity index (χ4n) is 3.35. The van der Waals surface area contributed by atoms with Crippen molar-refractivity contribution in [2.45, 2.75) is 76.8 Å². The highest BCUT2D eigenvalue weighted by Crippen LogP contribution is 2.35. The van der Waals surface area contributed by atoms with Crippen LogP contribution in [0.1, 0.15) is 65.2 Å².